The monoisotopic (exact) mass is 512 g/mol. The number of amides is 1. The number of carbonyl (C=O) groups is 1. The second kappa shape index (κ2) is 9.69. The highest BCUT2D eigenvalue weighted by Crippen LogP contribution is 2.46. The Labute approximate surface area is 205 Å². The molecule has 0 aliphatic carbocycles. The number of rotatable bonds is 8. The maximum Gasteiger partial charge on any atom is 0.233 e. The average Bonchev–Trinajstić information content (AvgIpc) is 3.31. The van der Waals surface area contributed by atoms with Crippen LogP contribution in [0.5, 0.6) is 0 Å². The van der Waals surface area contributed by atoms with E-state index in [0.29, 0.717) is 11.3 Å². The summed E-state index contributed by atoms with van der Waals surface area (Å²) in [6.07, 6.45) is -2.89. The quantitative estimate of drug-likeness (QED) is 0.392. The maximum atomic E-state index is 16.1. The molecule has 3 rings (SSSR count). The van der Waals surface area contributed by atoms with Crippen molar-refractivity contribution in [3.63, 3.8) is 0 Å². The molecule has 1 amide bonds. The van der Waals surface area contributed by atoms with Crippen molar-refractivity contribution in [1.82, 2.24) is 19.5 Å². The van der Waals surface area contributed by atoms with E-state index in [2.05, 4.69) is 25.6 Å². The molecule has 11 nitrogen and oxygen atoms in total. The smallest absolute Gasteiger partial charge is 0.233 e. The molecule has 1 aliphatic rings. The van der Waals surface area contributed by atoms with Crippen LogP contribution in [0.15, 0.2) is 6.33 Å². The van der Waals surface area contributed by atoms with Gasteiger partial charge >= 0.3 is 0 Å². The summed E-state index contributed by atoms with van der Waals surface area (Å²) in [6, 6.07) is 0. The van der Waals surface area contributed by atoms with Crippen LogP contribution < -0.4 is 10.6 Å². The van der Waals surface area contributed by atoms with Crippen LogP contribution in [0.25, 0.3) is 11.2 Å². The number of aromatic nitrogens is 4. The SMILES string of the molecule is CNc1nc(NC(=O)C(C)C)nc2c1ncn2[C@@H]1OC(CO)(CO)C(O[Si](C)(C)C(C)(C)C)[C@H]1F. The Kier molecular flexibility index (Phi) is 7.59. The van der Waals surface area contributed by atoms with Crippen LogP contribution in [0.1, 0.15) is 40.8 Å². The number of carbonyl (C=O) groups excluding carboxylic acids is 1. The van der Waals surface area contributed by atoms with Gasteiger partial charge in [0, 0.05) is 13.0 Å². The van der Waals surface area contributed by atoms with E-state index in [4.69, 9.17) is 9.16 Å². The zero-order valence-corrected chi connectivity index (χ0v) is 22.6. The zero-order valence-electron chi connectivity index (χ0n) is 21.6. The first kappa shape index (κ1) is 27.4. The molecule has 196 valence electrons. The van der Waals surface area contributed by atoms with Crippen molar-refractivity contribution >= 4 is 37.2 Å². The maximum absolute atomic E-state index is 16.1. The number of fused-ring (bicyclic) bond motifs is 1. The van der Waals surface area contributed by atoms with Gasteiger partial charge in [-0.1, -0.05) is 34.6 Å². The van der Waals surface area contributed by atoms with Crippen LogP contribution in [0.3, 0.4) is 0 Å². The van der Waals surface area contributed by atoms with E-state index >= 15 is 4.39 Å². The van der Waals surface area contributed by atoms with Crippen LogP contribution in [0, 0.1) is 5.92 Å². The lowest BCUT2D eigenvalue weighted by molar-refractivity contribution is -0.146. The molecular formula is C22H37FN6O5Si. The molecule has 4 N–H and O–H groups in total. The molecule has 3 atom stereocenters. The number of aliphatic hydroxyl groups excluding tert-OH is 2. The summed E-state index contributed by atoms with van der Waals surface area (Å²) in [6.45, 7) is 12.2. The standard InChI is InChI=1S/C22H37FN6O5Si/c1-12(2)18(32)28-20-26-16(24-6)14-17(27-20)29(11-25-14)19-13(23)15(22(9-30,10-31)33-19)34-35(7,8)21(3,4)5/h11-13,15,19,30-31H,9-10H2,1-8H3,(H2,24,26,27,28,32)/t13-,15?,19-/m1/s1. The van der Waals surface area contributed by atoms with Gasteiger partial charge in [-0.2, -0.15) is 9.97 Å². The fraction of sp³-hybridized carbons (Fsp3) is 0.727. The Bertz CT molecular complexity index is 1070. The average molecular weight is 513 g/mol. The van der Waals surface area contributed by atoms with Gasteiger partial charge in [-0.15, -0.1) is 0 Å². The molecule has 2 aromatic rings. The molecule has 0 bridgehead atoms. The minimum absolute atomic E-state index is 0.0281. The van der Waals surface area contributed by atoms with Gasteiger partial charge in [0.1, 0.15) is 11.7 Å². The number of alkyl halides is 1. The highest BCUT2D eigenvalue weighted by Gasteiger charge is 2.59. The van der Waals surface area contributed by atoms with Crippen LogP contribution in [-0.2, 0) is 14.0 Å². The number of hydrogen-bond donors (Lipinski definition) is 4. The van der Waals surface area contributed by atoms with E-state index in [1.165, 1.54) is 10.9 Å². The summed E-state index contributed by atoms with van der Waals surface area (Å²) in [7, 11) is -0.861. The lowest BCUT2D eigenvalue weighted by Crippen LogP contribution is -2.56. The number of halogens is 1. The second-order valence-corrected chi connectivity index (χ2v) is 15.5. The van der Waals surface area contributed by atoms with E-state index in [1.807, 2.05) is 33.9 Å². The van der Waals surface area contributed by atoms with E-state index in [0.717, 1.165) is 0 Å². The summed E-state index contributed by atoms with van der Waals surface area (Å²) in [4.78, 5) is 25.2. The van der Waals surface area contributed by atoms with Crippen LogP contribution in [-0.4, -0.2) is 82.1 Å². The lowest BCUT2D eigenvalue weighted by atomic mass is 9.98. The highest BCUT2D eigenvalue weighted by atomic mass is 28.4. The highest BCUT2D eigenvalue weighted by molar-refractivity contribution is 6.74. The molecular weight excluding hydrogens is 475 g/mol. The molecule has 1 aliphatic heterocycles. The Balaban J connectivity index is 2.07. The van der Waals surface area contributed by atoms with Crippen molar-refractivity contribution in [1.29, 1.82) is 0 Å². The minimum atomic E-state index is -2.50. The normalized spacial score (nSPS) is 22.7. The van der Waals surface area contributed by atoms with Gasteiger partial charge in [0.25, 0.3) is 0 Å². The van der Waals surface area contributed by atoms with Gasteiger partial charge in [-0.3, -0.25) is 14.7 Å². The van der Waals surface area contributed by atoms with E-state index < -0.39 is 45.6 Å². The first-order valence-corrected chi connectivity index (χ1v) is 14.6. The third kappa shape index (κ3) is 4.92. The van der Waals surface area contributed by atoms with Crippen molar-refractivity contribution in [2.24, 2.45) is 5.92 Å². The molecule has 0 radical (unpaired) electrons. The Morgan fingerprint density at radius 2 is 1.94 bits per heavy atom. The van der Waals surface area contributed by atoms with Crippen molar-refractivity contribution in [3.05, 3.63) is 6.33 Å². The van der Waals surface area contributed by atoms with Gasteiger partial charge in [0.2, 0.25) is 11.9 Å². The van der Waals surface area contributed by atoms with Crippen LogP contribution in [0.4, 0.5) is 16.2 Å². The number of nitrogens with one attached hydrogen (secondary N) is 2. The molecule has 13 heteroatoms. The third-order valence-corrected chi connectivity index (χ3v) is 11.3. The van der Waals surface area contributed by atoms with E-state index in [9.17, 15) is 15.0 Å². The molecule has 0 aromatic carbocycles. The van der Waals surface area contributed by atoms with E-state index in [-0.39, 0.29) is 28.5 Å². The van der Waals surface area contributed by atoms with Crippen molar-refractivity contribution in [2.75, 3.05) is 30.9 Å². The summed E-state index contributed by atoms with van der Waals surface area (Å²) in [5, 5.41) is 25.7. The molecule has 1 saturated heterocycles. The topological polar surface area (TPSA) is 144 Å². The molecule has 1 unspecified atom stereocenters. The number of aliphatic hydroxyl groups is 2. The number of imidazole rings is 1. The Hall–Kier alpha value is -2.19. The zero-order chi connectivity index (χ0) is 26.3. The molecule has 0 spiro atoms. The van der Waals surface area contributed by atoms with Crippen molar-refractivity contribution in [3.8, 4) is 0 Å². The van der Waals surface area contributed by atoms with Crippen molar-refractivity contribution in [2.45, 2.75) is 76.9 Å². The Morgan fingerprint density at radius 3 is 2.46 bits per heavy atom. The third-order valence-electron chi connectivity index (χ3n) is 6.89. The summed E-state index contributed by atoms with van der Waals surface area (Å²) < 4.78 is 29.8. The minimum Gasteiger partial charge on any atom is -0.408 e. The van der Waals surface area contributed by atoms with Crippen LogP contribution >= 0.6 is 0 Å². The van der Waals surface area contributed by atoms with Gasteiger partial charge in [-0.05, 0) is 18.1 Å². The predicted molar refractivity (Wildman–Crippen MR) is 132 cm³/mol. The lowest BCUT2D eigenvalue weighted by Gasteiger charge is -2.42. The second-order valence-electron chi connectivity index (χ2n) is 10.7. The van der Waals surface area contributed by atoms with Gasteiger partial charge < -0.3 is 24.7 Å². The number of ether oxygens (including phenoxy) is 1. The summed E-state index contributed by atoms with van der Waals surface area (Å²) in [5.41, 5.74) is -1.10. The van der Waals surface area contributed by atoms with Crippen LogP contribution in [0.2, 0.25) is 18.1 Å². The molecule has 3 heterocycles. The van der Waals surface area contributed by atoms with Gasteiger partial charge in [0.05, 0.1) is 19.5 Å². The summed E-state index contributed by atoms with van der Waals surface area (Å²) >= 11 is 0. The van der Waals surface area contributed by atoms with E-state index in [1.54, 1.807) is 20.9 Å². The van der Waals surface area contributed by atoms with Gasteiger partial charge in [-0.25, -0.2) is 9.37 Å². The molecule has 1 fully saturated rings. The Morgan fingerprint density at radius 1 is 1.31 bits per heavy atom. The number of hydrogen-bond acceptors (Lipinski definition) is 9. The molecule has 35 heavy (non-hydrogen) atoms. The van der Waals surface area contributed by atoms with Crippen molar-refractivity contribution < 1.29 is 28.6 Å². The fourth-order valence-electron chi connectivity index (χ4n) is 3.58. The first-order valence-electron chi connectivity index (χ1n) is 11.7. The largest absolute Gasteiger partial charge is 0.408 e. The molecule has 2 aromatic heterocycles. The predicted octanol–water partition coefficient (Wildman–Crippen LogP) is 2.44. The first-order chi connectivity index (χ1) is 16.2. The molecule has 0 saturated carbocycles. The number of anilines is 2. The summed E-state index contributed by atoms with van der Waals surface area (Å²) in [5.74, 6) is -0.208. The fourth-order valence-corrected chi connectivity index (χ4v) is 4.91. The number of nitrogens with zero attached hydrogens (tertiary/aromatic N) is 4. The van der Waals surface area contributed by atoms with Gasteiger partial charge in [0.15, 0.2) is 37.7 Å².